The first-order valence-electron chi connectivity index (χ1n) is 18.5. The standard InChI is InChI=1S/C41H36FN9O4/c42-29-5-1-4-27(23-29)32-7-3-17-49(32)37-14-13-35-43-24-34(51(35)46-37)31-6-2-8-36(44-31)47-18-20-48(21-19-47)39(53)16-10-26-9-11-28-25-50(41(55)30(28)22-26)33-12-15-38(52)45-40(33)54/h1-2,4-6,8-9,11,13-14,22-24,32-33H,3,7,12,15,17-21,25H2,(H,45,52,54). The Labute approximate surface area is 315 Å². The van der Waals surface area contributed by atoms with Crippen LogP contribution < -0.4 is 15.1 Å². The largest absolute Gasteiger partial charge is 0.353 e. The third kappa shape index (κ3) is 6.51. The Kier molecular flexibility index (Phi) is 8.69. The van der Waals surface area contributed by atoms with Crippen LogP contribution in [0.3, 0.4) is 0 Å². The minimum atomic E-state index is -0.690. The number of piperazine rings is 1. The topological polar surface area (TPSA) is 136 Å². The monoisotopic (exact) mass is 737 g/mol. The molecule has 4 amide bonds. The number of amides is 4. The highest BCUT2D eigenvalue weighted by Gasteiger charge is 2.39. The van der Waals surface area contributed by atoms with Crippen molar-refractivity contribution in [3.05, 3.63) is 107 Å². The van der Waals surface area contributed by atoms with Crippen LogP contribution in [0, 0.1) is 17.7 Å². The number of imidazole rings is 1. The van der Waals surface area contributed by atoms with Gasteiger partial charge in [-0.05, 0) is 78.9 Å². The zero-order valence-electron chi connectivity index (χ0n) is 29.8. The van der Waals surface area contributed by atoms with Gasteiger partial charge in [-0.2, -0.15) is 0 Å². The van der Waals surface area contributed by atoms with Crippen molar-refractivity contribution < 1.29 is 23.6 Å². The van der Waals surface area contributed by atoms with Gasteiger partial charge in [-0.25, -0.2) is 18.9 Å². The molecular formula is C41H36FN9O4. The molecule has 3 aromatic heterocycles. The summed E-state index contributed by atoms with van der Waals surface area (Å²) < 4.78 is 15.9. The number of carbonyl (C=O) groups is 4. The van der Waals surface area contributed by atoms with Crippen molar-refractivity contribution in [2.24, 2.45) is 0 Å². The number of nitrogens with zero attached hydrogens (tertiary/aromatic N) is 8. The van der Waals surface area contributed by atoms with E-state index in [2.05, 4.69) is 31.9 Å². The molecule has 0 aliphatic carbocycles. The second kappa shape index (κ2) is 14.0. The molecule has 14 heteroatoms. The summed E-state index contributed by atoms with van der Waals surface area (Å²) in [4.78, 5) is 67.4. The average molecular weight is 738 g/mol. The Morgan fingerprint density at radius 1 is 0.855 bits per heavy atom. The molecule has 13 nitrogen and oxygen atoms in total. The van der Waals surface area contributed by atoms with Crippen LogP contribution in [0.4, 0.5) is 16.0 Å². The van der Waals surface area contributed by atoms with Gasteiger partial charge in [-0.15, -0.1) is 5.10 Å². The van der Waals surface area contributed by atoms with E-state index in [1.807, 2.05) is 40.9 Å². The van der Waals surface area contributed by atoms with E-state index in [4.69, 9.17) is 10.1 Å². The van der Waals surface area contributed by atoms with Crippen LogP contribution in [0.5, 0.6) is 0 Å². The molecule has 0 bridgehead atoms. The highest BCUT2D eigenvalue weighted by Crippen LogP contribution is 2.36. The number of pyridine rings is 1. The average Bonchev–Trinajstić information content (AvgIpc) is 3.95. The van der Waals surface area contributed by atoms with Crippen LogP contribution >= 0.6 is 0 Å². The van der Waals surface area contributed by atoms with Gasteiger partial charge < -0.3 is 19.6 Å². The molecule has 4 aliphatic heterocycles. The van der Waals surface area contributed by atoms with Gasteiger partial charge in [0.05, 0.1) is 17.9 Å². The fourth-order valence-electron chi connectivity index (χ4n) is 8.01. The molecule has 7 heterocycles. The van der Waals surface area contributed by atoms with Gasteiger partial charge >= 0.3 is 0 Å². The van der Waals surface area contributed by atoms with E-state index in [-0.39, 0.29) is 42.5 Å². The summed E-state index contributed by atoms with van der Waals surface area (Å²) >= 11 is 0. The maximum atomic E-state index is 14.1. The van der Waals surface area contributed by atoms with E-state index in [1.54, 1.807) is 41.4 Å². The molecule has 3 fully saturated rings. The molecule has 2 atom stereocenters. The number of benzene rings is 2. The summed E-state index contributed by atoms with van der Waals surface area (Å²) in [5.74, 6) is 5.61. The molecule has 2 unspecified atom stereocenters. The van der Waals surface area contributed by atoms with Gasteiger partial charge in [0.2, 0.25) is 11.8 Å². The third-order valence-corrected chi connectivity index (χ3v) is 10.9. The van der Waals surface area contributed by atoms with Crippen LogP contribution in [-0.2, 0) is 20.9 Å². The minimum Gasteiger partial charge on any atom is -0.353 e. The summed E-state index contributed by atoms with van der Waals surface area (Å²) in [6.07, 6.45) is 4.15. The van der Waals surface area contributed by atoms with Crippen LogP contribution in [0.15, 0.2) is 79.0 Å². The molecule has 5 aromatic rings. The first-order chi connectivity index (χ1) is 26.8. The number of anilines is 2. The van der Waals surface area contributed by atoms with E-state index in [1.165, 1.54) is 11.0 Å². The summed E-state index contributed by atoms with van der Waals surface area (Å²) in [6.45, 7) is 3.17. The predicted molar refractivity (Wildman–Crippen MR) is 200 cm³/mol. The number of rotatable bonds is 5. The molecule has 9 rings (SSSR count). The number of fused-ring (bicyclic) bond motifs is 2. The van der Waals surface area contributed by atoms with Gasteiger partial charge in [0.15, 0.2) is 5.65 Å². The lowest BCUT2D eigenvalue weighted by Crippen LogP contribution is -2.52. The molecule has 0 radical (unpaired) electrons. The Morgan fingerprint density at radius 3 is 2.55 bits per heavy atom. The van der Waals surface area contributed by atoms with E-state index in [0.717, 1.165) is 53.5 Å². The van der Waals surface area contributed by atoms with Crippen molar-refractivity contribution in [1.29, 1.82) is 0 Å². The van der Waals surface area contributed by atoms with Crippen molar-refractivity contribution >= 4 is 40.9 Å². The summed E-state index contributed by atoms with van der Waals surface area (Å²) in [6, 6.07) is 21.1. The molecule has 2 aromatic carbocycles. The Balaban J connectivity index is 0.853. The highest BCUT2D eigenvalue weighted by molar-refractivity contribution is 6.05. The normalized spacial score (nSPS) is 19.8. The molecular weight excluding hydrogens is 702 g/mol. The van der Waals surface area contributed by atoms with Gasteiger partial charge in [0, 0.05) is 62.7 Å². The number of imide groups is 1. The van der Waals surface area contributed by atoms with Crippen LogP contribution in [0.1, 0.15) is 58.8 Å². The fraction of sp³-hybridized carbons (Fsp3) is 0.293. The Hall–Kier alpha value is -6.62. The lowest BCUT2D eigenvalue weighted by atomic mass is 10.0. The number of hydrogen-bond acceptors (Lipinski definition) is 9. The lowest BCUT2D eigenvalue weighted by Gasteiger charge is -2.34. The van der Waals surface area contributed by atoms with E-state index >= 15 is 0 Å². The maximum Gasteiger partial charge on any atom is 0.298 e. The quantitative estimate of drug-likeness (QED) is 0.212. The number of piperidine rings is 1. The Bertz CT molecular complexity index is 2450. The van der Waals surface area contributed by atoms with Crippen molar-refractivity contribution in [2.45, 2.75) is 44.3 Å². The van der Waals surface area contributed by atoms with Crippen molar-refractivity contribution in [3.8, 4) is 23.2 Å². The molecule has 0 saturated carbocycles. The first-order valence-corrected chi connectivity index (χ1v) is 18.5. The van der Waals surface area contributed by atoms with Gasteiger partial charge in [0.1, 0.15) is 29.2 Å². The lowest BCUT2D eigenvalue weighted by molar-refractivity contribution is -0.137. The molecule has 4 aliphatic rings. The number of nitrogens with one attached hydrogen (secondary N) is 1. The van der Waals surface area contributed by atoms with Gasteiger partial charge in [-0.3, -0.25) is 24.5 Å². The third-order valence-electron chi connectivity index (χ3n) is 10.9. The zero-order valence-corrected chi connectivity index (χ0v) is 29.8. The highest BCUT2D eigenvalue weighted by atomic mass is 19.1. The zero-order chi connectivity index (χ0) is 37.6. The number of halogens is 1. The van der Waals surface area contributed by atoms with E-state index in [9.17, 15) is 23.6 Å². The maximum absolute atomic E-state index is 14.1. The van der Waals surface area contributed by atoms with Crippen molar-refractivity contribution in [3.63, 3.8) is 0 Å². The SMILES string of the molecule is O=C1CCC(N2Cc3ccc(C#CC(=O)N4CCN(c5cccc(-c6cnc7ccc(N8CCCC8c8cccc(F)c8)nn67)n5)CC4)cc3C2=O)C(=O)N1. The second-order valence-electron chi connectivity index (χ2n) is 14.2. The van der Waals surface area contributed by atoms with Crippen LogP contribution in [0.25, 0.3) is 17.0 Å². The van der Waals surface area contributed by atoms with Crippen LogP contribution in [-0.4, -0.2) is 91.8 Å². The summed E-state index contributed by atoms with van der Waals surface area (Å²) in [7, 11) is 0. The van der Waals surface area contributed by atoms with Crippen molar-refractivity contribution in [1.82, 2.24) is 34.7 Å². The fourth-order valence-corrected chi connectivity index (χ4v) is 8.01. The van der Waals surface area contributed by atoms with E-state index in [0.29, 0.717) is 49.4 Å². The number of carbonyl (C=O) groups excluding carboxylic acids is 4. The molecule has 0 spiro atoms. The minimum absolute atomic E-state index is 0.0373. The smallest absolute Gasteiger partial charge is 0.298 e. The first kappa shape index (κ1) is 34.2. The molecule has 3 saturated heterocycles. The van der Waals surface area contributed by atoms with Gasteiger partial charge in [0.25, 0.3) is 11.8 Å². The molecule has 55 heavy (non-hydrogen) atoms. The second-order valence-corrected chi connectivity index (χ2v) is 14.2. The Morgan fingerprint density at radius 2 is 1.71 bits per heavy atom. The predicted octanol–water partition coefficient (Wildman–Crippen LogP) is 3.73. The summed E-state index contributed by atoms with van der Waals surface area (Å²) in [5.41, 5.74) is 4.87. The summed E-state index contributed by atoms with van der Waals surface area (Å²) in [5, 5.41) is 7.30. The number of aromatic nitrogens is 4. The molecule has 276 valence electrons. The molecule has 1 N–H and O–H groups in total. The van der Waals surface area contributed by atoms with Gasteiger partial charge in [-0.1, -0.05) is 30.2 Å². The van der Waals surface area contributed by atoms with Crippen LogP contribution in [0.2, 0.25) is 0 Å². The van der Waals surface area contributed by atoms with E-state index < -0.39 is 11.9 Å². The van der Waals surface area contributed by atoms with Crippen molar-refractivity contribution in [2.75, 3.05) is 42.5 Å². The number of hydrogen-bond donors (Lipinski definition) is 1.